The average Bonchev–Trinajstić information content (AvgIpc) is 2.92. The van der Waals surface area contributed by atoms with Gasteiger partial charge in [0.25, 0.3) is 0 Å². The molecule has 1 aromatic carbocycles. The third-order valence-corrected chi connectivity index (χ3v) is 3.71. The van der Waals surface area contributed by atoms with Crippen molar-refractivity contribution < 1.29 is 14.3 Å². The van der Waals surface area contributed by atoms with Crippen molar-refractivity contribution in [2.75, 3.05) is 7.11 Å². The van der Waals surface area contributed by atoms with Crippen LogP contribution in [0.5, 0.6) is 0 Å². The number of rotatable bonds is 4. The van der Waals surface area contributed by atoms with E-state index >= 15 is 0 Å². The first-order chi connectivity index (χ1) is 8.02. The van der Waals surface area contributed by atoms with Crippen LogP contribution in [0.4, 0.5) is 0 Å². The highest BCUT2D eigenvalue weighted by Gasteiger charge is 2.68. The van der Waals surface area contributed by atoms with Crippen LogP contribution in [0.25, 0.3) is 0 Å². The lowest BCUT2D eigenvalue weighted by Crippen LogP contribution is -2.30. The third-order valence-electron chi connectivity index (χ3n) is 3.71. The van der Waals surface area contributed by atoms with Crippen LogP contribution in [0.15, 0.2) is 30.3 Å². The molecular formula is C14H18O3. The molecule has 1 aliphatic rings. The summed E-state index contributed by atoms with van der Waals surface area (Å²) < 4.78 is 10.4. The monoisotopic (exact) mass is 234 g/mol. The van der Waals surface area contributed by atoms with Crippen LogP contribution < -0.4 is 0 Å². The first-order valence-electron chi connectivity index (χ1n) is 5.84. The van der Waals surface area contributed by atoms with Crippen LogP contribution in [0.2, 0.25) is 0 Å². The molecule has 17 heavy (non-hydrogen) atoms. The maximum atomic E-state index is 11.6. The first kappa shape index (κ1) is 12.1. The molecular weight excluding hydrogens is 216 g/mol. The van der Waals surface area contributed by atoms with E-state index in [4.69, 9.17) is 9.47 Å². The zero-order valence-corrected chi connectivity index (χ0v) is 10.5. The minimum Gasteiger partial charge on any atom is -0.467 e. The van der Waals surface area contributed by atoms with Crippen molar-refractivity contribution in [2.45, 2.75) is 37.9 Å². The molecule has 2 unspecified atom stereocenters. The van der Waals surface area contributed by atoms with E-state index in [1.54, 1.807) is 6.92 Å². The summed E-state index contributed by atoms with van der Waals surface area (Å²) in [5.74, 6) is -0.284. The smallest absolute Gasteiger partial charge is 0.340 e. The summed E-state index contributed by atoms with van der Waals surface area (Å²) in [7, 11) is 1.40. The molecule has 0 bridgehead atoms. The fraction of sp³-hybridized carbons (Fsp3) is 0.500. The number of benzene rings is 1. The Balaban J connectivity index is 1.96. The molecule has 0 aromatic heterocycles. The maximum Gasteiger partial charge on any atom is 0.340 e. The second-order valence-corrected chi connectivity index (χ2v) is 4.84. The Morgan fingerprint density at radius 3 is 2.53 bits per heavy atom. The van der Waals surface area contributed by atoms with Gasteiger partial charge in [-0.05, 0) is 32.3 Å². The van der Waals surface area contributed by atoms with Gasteiger partial charge in [0.1, 0.15) is 5.60 Å². The van der Waals surface area contributed by atoms with E-state index in [1.807, 2.05) is 25.1 Å². The summed E-state index contributed by atoms with van der Waals surface area (Å²) >= 11 is 0. The van der Waals surface area contributed by atoms with Gasteiger partial charge in [0.2, 0.25) is 0 Å². The molecule has 2 rings (SSSR count). The molecule has 1 aliphatic heterocycles. The lowest BCUT2D eigenvalue weighted by Gasteiger charge is -2.10. The van der Waals surface area contributed by atoms with E-state index in [-0.39, 0.29) is 5.97 Å². The Hall–Kier alpha value is -1.35. The van der Waals surface area contributed by atoms with Gasteiger partial charge in [-0.15, -0.1) is 0 Å². The van der Waals surface area contributed by atoms with Gasteiger partial charge in [0.05, 0.1) is 7.11 Å². The van der Waals surface area contributed by atoms with Crippen molar-refractivity contribution in [3.63, 3.8) is 0 Å². The zero-order chi connectivity index (χ0) is 12.5. The number of hydrogen-bond acceptors (Lipinski definition) is 3. The quantitative estimate of drug-likeness (QED) is 0.593. The molecule has 1 fully saturated rings. The second-order valence-electron chi connectivity index (χ2n) is 4.84. The number of methoxy groups -OCH3 is 1. The lowest BCUT2D eigenvalue weighted by atomic mass is 9.90. The van der Waals surface area contributed by atoms with Gasteiger partial charge < -0.3 is 9.47 Å². The third kappa shape index (κ3) is 2.07. The van der Waals surface area contributed by atoms with E-state index in [1.165, 1.54) is 12.7 Å². The topological polar surface area (TPSA) is 38.8 Å². The molecule has 2 atom stereocenters. The Bertz CT molecular complexity index is 415. The molecule has 1 saturated heterocycles. The number of ether oxygens (including phenoxy) is 2. The van der Waals surface area contributed by atoms with Crippen molar-refractivity contribution in [3.05, 3.63) is 35.9 Å². The lowest BCUT2D eigenvalue weighted by molar-refractivity contribution is -0.146. The van der Waals surface area contributed by atoms with Gasteiger partial charge in [0, 0.05) is 0 Å². The van der Waals surface area contributed by atoms with E-state index in [2.05, 4.69) is 12.1 Å². The molecule has 1 heterocycles. The van der Waals surface area contributed by atoms with Crippen LogP contribution in [0.3, 0.4) is 0 Å². The minimum absolute atomic E-state index is 0.284. The summed E-state index contributed by atoms with van der Waals surface area (Å²) in [6.45, 7) is 3.76. The Labute approximate surface area is 102 Å². The van der Waals surface area contributed by atoms with Crippen molar-refractivity contribution in [3.8, 4) is 0 Å². The van der Waals surface area contributed by atoms with Gasteiger partial charge in [-0.1, -0.05) is 30.3 Å². The molecule has 0 radical (unpaired) electrons. The number of carbonyl (C=O) groups is 1. The molecule has 0 amide bonds. The fourth-order valence-corrected chi connectivity index (χ4v) is 2.19. The Kier molecular flexibility index (Phi) is 2.96. The Morgan fingerprint density at radius 2 is 1.94 bits per heavy atom. The highest BCUT2D eigenvalue weighted by Crippen LogP contribution is 2.51. The van der Waals surface area contributed by atoms with Crippen LogP contribution in [0, 0.1) is 0 Å². The number of carbonyl (C=O) groups excluding carboxylic acids is 1. The van der Waals surface area contributed by atoms with Crippen molar-refractivity contribution in [2.24, 2.45) is 0 Å². The molecule has 3 heteroatoms. The maximum absolute atomic E-state index is 11.6. The van der Waals surface area contributed by atoms with Crippen molar-refractivity contribution in [1.82, 2.24) is 0 Å². The van der Waals surface area contributed by atoms with Crippen LogP contribution in [-0.4, -0.2) is 24.3 Å². The van der Waals surface area contributed by atoms with E-state index < -0.39 is 11.2 Å². The Morgan fingerprint density at radius 1 is 1.29 bits per heavy atom. The largest absolute Gasteiger partial charge is 0.467 e. The predicted octanol–water partition coefficient (Wildman–Crippen LogP) is 2.34. The van der Waals surface area contributed by atoms with Gasteiger partial charge in [0.15, 0.2) is 5.60 Å². The molecule has 0 N–H and O–H groups in total. The fourth-order valence-electron chi connectivity index (χ4n) is 2.19. The molecule has 0 aliphatic carbocycles. The van der Waals surface area contributed by atoms with Crippen LogP contribution >= 0.6 is 0 Å². The average molecular weight is 234 g/mol. The highest BCUT2D eigenvalue weighted by atomic mass is 16.7. The van der Waals surface area contributed by atoms with E-state index in [9.17, 15) is 4.79 Å². The van der Waals surface area contributed by atoms with Crippen LogP contribution in [0.1, 0.15) is 25.8 Å². The zero-order valence-electron chi connectivity index (χ0n) is 10.5. The number of epoxide rings is 1. The number of esters is 1. The highest BCUT2D eigenvalue weighted by molar-refractivity contribution is 5.84. The van der Waals surface area contributed by atoms with Crippen LogP contribution in [-0.2, 0) is 20.7 Å². The normalized spacial score (nSPS) is 31.0. The number of aryl methyl sites for hydroxylation is 1. The summed E-state index contributed by atoms with van der Waals surface area (Å²) in [4.78, 5) is 11.6. The molecule has 1 aromatic rings. The number of hydrogen-bond donors (Lipinski definition) is 0. The minimum atomic E-state index is -0.767. The standard InChI is InChI=1S/C14H18O3/c1-13(14(2,17-13)12(15)16-3)10-9-11-7-5-4-6-8-11/h4-8H,9-10H2,1-3H3. The summed E-state index contributed by atoms with van der Waals surface area (Å²) in [5.41, 5.74) is 0.100. The summed E-state index contributed by atoms with van der Waals surface area (Å²) in [5, 5.41) is 0. The predicted molar refractivity (Wildman–Crippen MR) is 64.7 cm³/mol. The van der Waals surface area contributed by atoms with Gasteiger partial charge in [-0.2, -0.15) is 0 Å². The SMILES string of the molecule is COC(=O)C1(C)OC1(C)CCc1ccccc1. The molecule has 0 saturated carbocycles. The molecule has 92 valence electrons. The first-order valence-corrected chi connectivity index (χ1v) is 5.84. The summed E-state index contributed by atoms with van der Waals surface area (Å²) in [6, 6.07) is 10.2. The van der Waals surface area contributed by atoms with Gasteiger partial charge in [-0.25, -0.2) is 4.79 Å². The van der Waals surface area contributed by atoms with Crippen molar-refractivity contribution in [1.29, 1.82) is 0 Å². The molecule has 0 spiro atoms. The van der Waals surface area contributed by atoms with Gasteiger partial charge in [-0.3, -0.25) is 0 Å². The summed E-state index contributed by atoms with van der Waals surface area (Å²) in [6.07, 6.45) is 1.73. The van der Waals surface area contributed by atoms with Crippen molar-refractivity contribution >= 4 is 5.97 Å². The van der Waals surface area contributed by atoms with E-state index in [0.29, 0.717) is 0 Å². The van der Waals surface area contributed by atoms with E-state index in [0.717, 1.165) is 12.8 Å². The second kappa shape index (κ2) is 4.15. The van der Waals surface area contributed by atoms with Gasteiger partial charge >= 0.3 is 5.97 Å². The molecule has 3 nitrogen and oxygen atoms in total.